The van der Waals surface area contributed by atoms with Crippen LogP contribution in [-0.4, -0.2) is 16.8 Å². The number of ketones is 1. The van der Waals surface area contributed by atoms with E-state index < -0.39 is 0 Å². The molecule has 0 radical (unpaired) electrons. The van der Waals surface area contributed by atoms with Crippen molar-refractivity contribution in [1.82, 2.24) is 4.98 Å². The number of Topliss-reactive ketones (excluding diaryl/α,β-unsaturated/α-hetero) is 1. The molecule has 3 nitrogen and oxygen atoms in total. The molecule has 0 spiro atoms. The number of hydrogen-bond donors (Lipinski definition) is 1. The van der Waals surface area contributed by atoms with E-state index in [1.807, 2.05) is 37.3 Å². The summed E-state index contributed by atoms with van der Waals surface area (Å²) in [7, 11) is 0. The normalized spacial score (nSPS) is 13.4. The van der Waals surface area contributed by atoms with Crippen LogP contribution >= 0.6 is 0 Å². The van der Waals surface area contributed by atoms with Crippen molar-refractivity contribution in [3.63, 3.8) is 0 Å². The fourth-order valence-electron chi connectivity index (χ4n) is 2.62. The zero-order chi connectivity index (χ0) is 15.6. The first-order chi connectivity index (χ1) is 9.74. The molecule has 0 saturated heterocycles. The van der Waals surface area contributed by atoms with Gasteiger partial charge in [-0.1, -0.05) is 26.8 Å². The van der Waals surface area contributed by atoms with Crippen LogP contribution in [0.2, 0.25) is 0 Å². The van der Waals surface area contributed by atoms with Gasteiger partial charge in [-0.15, -0.1) is 0 Å². The number of fused-ring (bicyclic) bond motifs is 1. The Morgan fingerprint density at radius 2 is 1.95 bits per heavy atom. The van der Waals surface area contributed by atoms with Crippen molar-refractivity contribution in [2.75, 3.05) is 0 Å². The largest absolute Gasteiger partial charge is 0.327 e. The number of nitrogens with zero attached hydrogens (tertiary/aromatic N) is 1. The monoisotopic (exact) mass is 284 g/mol. The van der Waals surface area contributed by atoms with Gasteiger partial charge < -0.3 is 5.73 Å². The summed E-state index contributed by atoms with van der Waals surface area (Å²) >= 11 is 0. The SMILES string of the molecule is Cc1ccc2cc(C(=O)CC(N)CC(C)(C)C)ccc2n1. The minimum absolute atomic E-state index is 0.0932. The minimum Gasteiger partial charge on any atom is -0.327 e. The molecule has 0 amide bonds. The van der Waals surface area contributed by atoms with Gasteiger partial charge in [0.25, 0.3) is 0 Å². The molecule has 1 aromatic heterocycles. The number of nitrogens with two attached hydrogens (primary N) is 1. The first-order valence-corrected chi connectivity index (χ1v) is 7.41. The molecule has 0 bridgehead atoms. The van der Waals surface area contributed by atoms with E-state index in [9.17, 15) is 4.79 Å². The zero-order valence-corrected chi connectivity index (χ0v) is 13.3. The third-order valence-corrected chi connectivity index (χ3v) is 3.47. The van der Waals surface area contributed by atoms with E-state index in [2.05, 4.69) is 25.8 Å². The summed E-state index contributed by atoms with van der Waals surface area (Å²) in [5.41, 5.74) is 8.86. The number of benzene rings is 1. The zero-order valence-electron chi connectivity index (χ0n) is 13.3. The second-order valence-electron chi connectivity index (χ2n) is 7.01. The second-order valence-corrected chi connectivity index (χ2v) is 7.01. The van der Waals surface area contributed by atoms with Crippen LogP contribution in [0.5, 0.6) is 0 Å². The smallest absolute Gasteiger partial charge is 0.164 e. The molecule has 2 rings (SSSR count). The molecule has 1 unspecified atom stereocenters. The van der Waals surface area contributed by atoms with E-state index in [0.717, 1.165) is 28.6 Å². The fourth-order valence-corrected chi connectivity index (χ4v) is 2.62. The highest BCUT2D eigenvalue weighted by Gasteiger charge is 2.19. The van der Waals surface area contributed by atoms with Crippen LogP contribution in [0.15, 0.2) is 30.3 Å². The lowest BCUT2D eigenvalue weighted by Gasteiger charge is -2.22. The maximum atomic E-state index is 12.4. The number of aryl methyl sites for hydroxylation is 1. The summed E-state index contributed by atoms with van der Waals surface area (Å²) in [6, 6.07) is 9.54. The molecular formula is C18H24N2O. The Morgan fingerprint density at radius 3 is 2.62 bits per heavy atom. The van der Waals surface area contributed by atoms with Gasteiger partial charge in [-0.25, -0.2) is 0 Å². The maximum Gasteiger partial charge on any atom is 0.164 e. The molecule has 0 aliphatic carbocycles. The number of carbonyl (C=O) groups is 1. The highest BCUT2D eigenvalue weighted by Crippen LogP contribution is 2.22. The van der Waals surface area contributed by atoms with Gasteiger partial charge in [-0.3, -0.25) is 9.78 Å². The van der Waals surface area contributed by atoms with Crippen LogP contribution in [0.1, 0.15) is 49.7 Å². The molecule has 2 aromatic rings. The molecule has 0 fully saturated rings. The molecule has 0 saturated carbocycles. The van der Waals surface area contributed by atoms with Crippen molar-refractivity contribution in [2.45, 2.75) is 46.6 Å². The van der Waals surface area contributed by atoms with E-state index >= 15 is 0 Å². The molecule has 3 heteroatoms. The van der Waals surface area contributed by atoms with Gasteiger partial charge in [0.1, 0.15) is 0 Å². The van der Waals surface area contributed by atoms with Gasteiger partial charge in [0.2, 0.25) is 0 Å². The van der Waals surface area contributed by atoms with Crippen molar-refractivity contribution in [3.05, 3.63) is 41.6 Å². The second kappa shape index (κ2) is 5.94. The Labute approximate surface area is 126 Å². The molecule has 1 atom stereocenters. The number of rotatable bonds is 4. The third kappa shape index (κ3) is 4.36. The Bertz CT molecular complexity index is 656. The summed E-state index contributed by atoms with van der Waals surface area (Å²) in [5, 5.41) is 0.996. The predicted molar refractivity (Wildman–Crippen MR) is 87.5 cm³/mol. The lowest BCUT2D eigenvalue weighted by atomic mass is 9.86. The van der Waals surface area contributed by atoms with Crippen LogP contribution in [-0.2, 0) is 0 Å². The summed E-state index contributed by atoms with van der Waals surface area (Å²) in [6.07, 6.45) is 1.23. The molecule has 0 aliphatic heterocycles. The number of pyridine rings is 1. The van der Waals surface area contributed by atoms with Gasteiger partial charge in [0.15, 0.2) is 5.78 Å². The topological polar surface area (TPSA) is 56.0 Å². The quantitative estimate of drug-likeness (QED) is 0.867. The molecule has 1 aromatic carbocycles. The maximum absolute atomic E-state index is 12.4. The lowest BCUT2D eigenvalue weighted by Crippen LogP contribution is -2.29. The van der Waals surface area contributed by atoms with Crippen LogP contribution in [0.3, 0.4) is 0 Å². The van der Waals surface area contributed by atoms with Crippen LogP contribution < -0.4 is 5.73 Å². The van der Waals surface area contributed by atoms with Gasteiger partial charge >= 0.3 is 0 Å². The van der Waals surface area contributed by atoms with Crippen molar-refractivity contribution in [1.29, 1.82) is 0 Å². The highest BCUT2D eigenvalue weighted by atomic mass is 16.1. The Balaban J connectivity index is 2.14. The standard InChI is InChI=1S/C18H24N2O/c1-12-5-6-13-9-14(7-8-16(13)20-12)17(21)10-15(19)11-18(2,3)4/h5-9,15H,10-11,19H2,1-4H3. The lowest BCUT2D eigenvalue weighted by molar-refractivity contribution is 0.0968. The third-order valence-electron chi connectivity index (χ3n) is 3.47. The van der Waals surface area contributed by atoms with Gasteiger partial charge in [0, 0.05) is 29.1 Å². The molecule has 21 heavy (non-hydrogen) atoms. The average molecular weight is 284 g/mol. The van der Waals surface area contributed by atoms with E-state index in [0.29, 0.717) is 6.42 Å². The Morgan fingerprint density at radius 1 is 1.24 bits per heavy atom. The first kappa shape index (κ1) is 15.6. The highest BCUT2D eigenvalue weighted by molar-refractivity contribution is 5.99. The average Bonchev–Trinajstić information content (AvgIpc) is 2.35. The predicted octanol–water partition coefficient (Wildman–Crippen LogP) is 3.88. The van der Waals surface area contributed by atoms with E-state index in [-0.39, 0.29) is 17.2 Å². The summed E-state index contributed by atoms with van der Waals surface area (Å²) in [6.45, 7) is 8.38. The Kier molecular flexibility index (Phi) is 4.43. The summed E-state index contributed by atoms with van der Waals surface area (Å²) in [4.78, 5) is 16.8. The van der Waals surface area contributed by atoms with Gasteiger partial charge in [-0.2, -0.15) is 0 Å². The van der Waals surface area contributed by atoms with E-state index in [4.69, 9.17) is 5.73 Å². The Hall–Kier alpha value is -1.74. The summed E-state index contributed by atoms with van der Waals surface area (Å²) in [5.74, 6) is 0.106. The van der Waals surface area contributed by atoms with Gasteiger partial charge in [-0.05, 0) is 43.0 Å². The number of carbonyl (C=O) groups excluding carboxylic acids is 1. The van der Waals surface area contributed by atoms with Crippen LogP contribution in [0.4, 0.5) is 0 Å². The molecular weight excluding hydrogens is 260 g/mol. The molecule has 2 N–H and O–H groups in total. The molecule has 1 heterocycles. The van der Waals surface area contributed by atoms with Crippen molar-refractivity contribution in [3.8, 4) is 0 Å². The molecule has 0 aliphatic rings. The number of hydrogen-bond acceptors (Lipinski definition) is 3. The van der Waals surface area contributed by atoms with Crippen molar-refractivity contribution < 1.29 is 4.79 Å². The summed E-state index contributed by atoms with van der Waals surface area (Å²) < 4.78 is 0. The molecule has 112 valence electrons. The fraction of sp³-hybridized carbons (Fsp3) is 0.444. The first-order valence-electron chi connectivity index (χ1n) is 7.41. The van der Waals surface area contributed by atoms with Crippen molar-refractivity contribution >= 4 is 16.7 Å². The minimum atomic E-state index is -0.0932. The van der Waals surface area contributed by atoms with Gasteiger partial charge in [0.05, 0.1) is 5.52 Å². The van der Waals surface area contributed by atoms with Crippen LogP contribution in [0, 0.1) is 12.3 Å². The van der Waals surface area contributed by atoms with Crippen LogP contribution in [0.25, 0.3) is 10.9 Å². The number of aromatic nitrogens is 1. The van der Waals surface area contributed by atoms with Crippen molar-refractivity contribution in [2.24, 2.45) is 11.1 Å². The van der Waals surface area contributed by atoms with E-state index in [1.54, 1.807) is 0 Å². The van der Waals surface area contributed by atoms with E-state index in [1.165, 1.54) is 0 Å².